The first-order chi connectivity index (χ1) is 11.8. The van der Waals surface area contributed by atoms with E-state index >= 15 is 0 Å². The Kier molecular flexibility index (Phi) is 6.45. The van der Waals surface area contributed by atoms with Crippen LogP contribution in [0.3, 0.4) is 0 Å². The molecule has 0 heterocycles. The fourth-order valence-corrected chi connectivity index (χ4v) is 2.92. The van der Waals surface area contributed by atoms with Crippen molar-refractivity contribution in [3.63, 3.8) is 0 Å². The predicted octanol–water partition coefficient (Wildman–Crippen LogP) is 4.78. The van der Waals surface area contributed by atoms with Crippen LogP contribution in [0.4, 0.5) is 11.4 Å². The number of hydrogen-bond donors (Lipinski definition) is 2. The second-order valence-electron chi connectivity index (χ2n) is 5.48. The molecule has 0 radical (unpaired) electrons. The van der Waals surface area contributed by atoms with Crippen molar-refractivity contribution in [2.45, 2.75) is 26.9 Å². The second kappa shape index (κ2) is 8.36. The van der Waals surface area contributed by atoms with Gasteiger partial charge in [-0.1, -0.05) is 17.7 Å². The maximum Gasteiger partial charge on any atom is 0.265 e. The molecule has 0 saturated carbocycles. The average Bonchev–Trinajstić information content (AvgIpc) is 2.53. The molecule has 25 heavy (non-hydrogen) atoms. The van der Waals surface area contributed by atoms with Gasteiger partial charge in [0.1, 0.15) is 5.75 Å². The third kappa shape index (κ3) is 5.21. The lowest BCUT2D eigenvalue weighted by atomic mass is 10.1. The number of benzene rings is 2. The third-order valence-electron chi connectivity index (χ3n) is 3.47. The van der Waals surface area contributed by atoms with Crippen molar-refractivity contribution in [3.05, 3.63) is 51.5 Å². The fourth-order valence-electron chi connectivity index (χ4n) is 2.15. The van der Waals surface area contributed by atoms with Crippen LogP contribution in [0.15, 0.2) is 40.9 Å². The molecule has 7 heteroatoms. The van der Waals surface area contributed by atoms with E-state index in [1.807, 2.05) is 6.92 Å². The van der Waals surface area contributed by atoms with Crippen molar-refractivity contribution in [2.24, 2.45) is 0 Å². The summed E-state index contributed by atoms with van der Waals surface area (Å²) in [7, 11) is 0. The standard InChI is InChI=1S/C18H18BrClN2O3/c1-10-15(21-12(3)23)5-4-6-16(10)22-18(24)11(2)25-17-8-7-13(20)9-14(17)19/h4-9,11H,1-3H3,(H,21,23)(H,22,24)/t11-/m0/s1. The molecule has 2 aromatic carbocycles. The zero-order valence-corrected chi connectivity index (χ0v) is 16.4. The Morgan fingerprint density at radius 1 is 1.16 bits per heavy atom. The Labute approximate surface area is 159 Å². The Hall–Kier alpha value is -2.05. The molecule has 132 valence electrons. The number of nitrogens with one attached hydrogen (secondary N) is 2. The van der Waals surface area contributed by atoms with Crippen molar-refractivity contribution in [2.75, 3.05) is 10.6 Å². The van der Waals surface area contributed by atoms with E-state index in [0.717, 1.165) is 5.56 Å². The molecule has 0 aromatic heterocycles. The minimum atomic E-state index is -0.721. The monoisotopic (exact) mass is 424 g/mol. The zero-order chi connectivity index (χ0) is 18.6. The molecule has 1 atom stereocenters. The van der Waals surface area contributed by atoms with Gasteiger partial charge in [0.25, 0.3) is 5.91 Å². The van der Waals surface area contributed by atoms with Gasteiger partial charge in [-0.15, -0.1) is 0 Å². The Morgan fingerprint density at radius 2 is 1.80 bits per heavy atom. The van der Waals surface area contributed by atoms with Gasteiger partial charge in [-0.05, 0) is 65.7 Å². The highest BCUT2D eigenvalue weighted by Gasteiger charge is 2.18. The fraction of sp³-hybridized carbons (Fsp3) is 0.222. The van der Waals surface area contributed by atoms with Gasteiger partial charge >= 0.3 is 0 Å². The van der Waals surface area contributed by atoms with Crippen molar-refractivity contribution >= 4 is 50.7 Å². The number of halogens is 2. The summed E-state index contributed by atoms with van der Waals surface area (Å²) < 4.78 is 6.35. The quantitative estimate of drug-likeness (QED) is 0.725. The van der Waals surface area contributed by atoms with E-state index in [-0.39, 0.29) is 11.8 Å². The van der Waals surface area contributed by atoms with Crippen LogP contribution in [0.5, 0.6) is 5.75 Å². The van der Waals surface area contributed by atoms with E-state index in [4.69, 9.17) is 16.3 Å². The van der Waals surface area contributed by atoms with Gasteiger partial charge in [0.15, 0.2) is 6.10 Å². The highest BCUT2D eigenvalue weighted by Crippen LogP contribution is 2.29. The van der Waals surface area contributed by atoms with Crippen LogP contribution in [0.25, 0.3) is 0 Å². The van der Waals surface area contributed by atoms with Gasteiger partial charge in [-0.2, -0.15) is 0 Å². The summed E-state index contributed by atoms with van der Waals surface area (Å²) in [5, 5.41) is 6.12. The largest absolute Gasteiger partial charge is 0.480 e. The van der Waals surface area contributed by atoms with Gasteiger partial charge in [0.05, 0.1) is 4.47 Å². The molecule has 0 spiro atoms. The summed E-state index contributed by atoms with van der Waals surface area (Å²) in [6.07, 6.45) is -0.721. The summed E-state index contributed by atoms with van der Waals surface area (Å²) in [5.41, 5.74) is 2.03. The van der Waals surface area contributed by atoms with Gasteiger partial charge in [-0.3, -0.25) is 9.59 Å². The molecule has 0 aliphatic carbocycles. The minimum Gasteiger partial charge on any atom is -0.480 e. The summed E-state index contributed by atoms with van der Waals surface area (Å²) >= 11 is 9.25. The second-order valence-corrected chi connectivity index (χ2v) is 6.77. The lowest BCUT2D eigenvalue weighted by Crippen LogP contribution is -2.30. The number of carbonyl (C=O) groups excluding carboxylic acids is 2. The van der Waals surface area contributed by atoms with E-state index in [9.17, 15) is 9.59 Å². The van der Waals surface area contributed by atoms with Crippen LogP contribution in [-0.2, 0) is 9.59 Å². The molecule has 0 aliphatic heterocycles. The van der Waals surface area contributed by atoms with Crippen LogP contribution in [-0.4, -0.2) is 17.9 Å². The first-order valence-corrected chi connectivity index (χ1v) is 8.75. The lowest BCUT2D eigenvalue weighted by Gasteiger charge is -2.18. The number of carbonyl (C=O) groups is 2. The van der Waals surface area contributed by atoms with Gasteiger partial charge < -0.3 is 15.4 Å². The molecule has 2 rings (SSSR count). The number of ether oxygens (including phenoxy) is 1. The Morgan fingerprint density at radius 3 is 2.40 bits per heavy atom. The number of hydrogen-bond acceptors (Lipinski definition) is 3. The Bertz CT molecular complexity index is 811. The number of rotatable bonds is 5. The molecule has 2 N–H and O–H groups in total. The molecule has 0 fully saturated rings. The maximum atomic E-state index is 12.4. The predicted molar refractivity (Wildman–Crippen MR) is 103 cm³/mol. The molecule has 0 saturated heterocycles. The first kappa shape index (κ1) is 19.3. The van der Waals surface area contributed by atoms with Gasteiger partial charge in [-0.25, -0.2) is 0 Å². The molecule has 2 amide bonds. The molecular formula is C18H18BrClN2O3. The smallest absolute Gasteiger partial charge is 0.265 e. The van der Waals surface area contributed by atoms with Crippen molar-refractivity contribution < 1.29 is 14.3 Å². The highest BCUT2D eigenvalue weighted by molar-refractivity contribution is 9.10. The molecule has 5 nitrogen and oxygen atoms in total. The van der Waals surface area contributed by atoms with E-state index in [2.05, 4.69) is 26.6 Å². The normalized spacial score (nSPS) is 11.6. The van der Waals surface area contributed by atoms with Gasteiger partial charge in [0.2, 0.25) is 5.91 Å². The van der Waals surface area contributed by atoms with E-state index < -0.39 is 6.10 Å². The van der Waals surface area contributed by atoms with Crippen LogP contribution in [0.1, 0.15) is 19.4 Å². The molecule has 0 aliphatic rings. The molecular weight excluding hydrogens is 408 g/mol. The van der Waals surface area contributed by atoms with Crippen LogP contribution in [0, 0.1) is 6.92 Å². The number of amides is 2. The summed E-state index contributed by atoms with van der Waals surface area (Å²) in [4.78, 5) is 23.6. The maximum absolute atomic E-state index is 12.4. The topological polar surface area (TPSA) is 67.4 Å². The molecule has 2 aromatic rings. The minimum absolute atomic E-state index is 0.170. The van der Waals surface area contributed by atoms with Crippen LogP contribution < -0.4 is 15.4 Å². The lowest BCUT2D eigenvalue weighted by molar-refractivity contribution is -0.122. The summed E-state index contributed by atoms with van der Waals surface area (Å²) in [6, 6.07) is 10.4. The summed E-state index contributed by atoms with van der Waals surface area (Å²) in [5.74, 6) is 0.0524. The van der Waals surface area contributed by atoms with E-state index in [1.165, 1.54) is 6.92 Å². The molecule has 0 bridgehead atoms. The van der Waals surface area contributed by atoms with Gasteiger partial charge in [0, 0.05) is 23.3 Å². The average molecular weight is 426 g/mol. The van der Waals surface area contributed by atoms with E-state index in [0.29, 0.717) is 26.6 Å². The first-order valence-electron chi connectivity index (χ1n) is 7.57. The van der Waals surface area contributed by atoms with Crippen molar-refractivity contribution in [3.8, 4) is 5.75 Å². The van der Waals surface area contributed by atoms with Crippen LogP contribution in [0.2, 0.25) is 5.02 Å². The zero-order valence-electron chi connectivity index (χ0n) is 14.0. The molecule has 0 unspecified atom stereocenters. The van der Waals surface area contributed by atoms with Crippen LogP contribution >= 0.6 is 27.5 Å². The highest BCUT2D eigenvalue weighted by atomic mass is 79.9. The SMILES string of the molecule is CC(=O)Nc1cccc(NC(=O)[C@H](C)Oc2ccc(Cl)cc2Br)c1C. The van der Waals surface area contributed by atoms with Crippen molar-refractivity contribution in [1.29, 1.82) is 0 Å². The third-order valence-corrected chi connectivity index (χ3v) is 4.32. The van der Waals surface area contributed by atoms with Crippen molar-refractivity contribution in [1.82, 2.24) is 0 Å². The summed E-state index contributed by atoms with van der Waals surface area (Å²) in [6.45, 7) is 4.91. The number of anilines is 2. The van der Waals surface area contributed by atoms with E-state index in [1.54, 1.807) is 43.3 Å². The Balaban J connectivity index is 2.09.